The summed E-state index contributed by atoms with van der Waals surface area (Å²) in [4.78, 5) is 27.9. The van der Waals surface area contributed by atoms with Gasteiger partial charge in [0, 0.05) is 43.9 Å². The summed E-state index contributed by atoms with van der Waals surface area (Å²) < 4.78 is 5.23. The second-order valence-electron chi connectivity index (χ2n) is 6.15. The summed E-state index contributed by atoms with van der Waals surface area (Å²) in [6.07, 6.45) is 1.78. The number of nitrogens with zero attached hydrogens (tertiary/aromatic N) is 4. The largest absolute Gasteiger partial charge is 0.360 e. The number of amides is 1. The van der Waals surface area contributed by atoms with Crippen molar-refractivity contribution in [2.24, 2.45) is 0 Å². The van der Waals surface area contributed by atoms with Crippen LogP contribution in [0.3, 0.4) is 0 Å². The molecule has 138 valence electrons. The molecule has 0 unspecified atom stereocenters. The van der Waals surface area contributed by atoms with Gasteiger partial charge in [0.25, 0.3) is 11.6 Å². The zero-order valence-corrected chi connectivity index (χ0v) is 15.5. The van der Waals surface area contributed by atoms with Crippen molar-refractivity contribution in [3.05, 3.63) is 51.4 Å². The first kappa shape index (κ1) is 18.4. The smallest absolute Gasteiger partial charge is 0.283 e. The van der Waals surface area contributed by atoms with E-state index in [-0.39, 0.29) is 11.6 Å². The van der Waals surface area contributed by atoms with E-state index in [2.05, 4.69) is 10.1 Å². The zero-order chi connectivity index (χ0) is 18.7. The number of aromatic nitrogens is 1. The summed E-state index contributed by atoms with van der Waals surface area (Å²) in [5.74, 6) is 0.640. The van der Waals surface area contributed by atoms with Crippen LogP contribution in [-0.4, -0.2) is 58.2 Å². The van der Waals surface area contributed by atoms with Crippen LogP contribution in [0.15, 0.2) is 33.7 Å². The number of nitro groups is 1. The first-order chi connectivity index (χ1) is 12.5. The van der Waals surface area contributed by atoms with E-state index in [4.69, 9.17) is 4.52 Å². The number of carbonyl (C=O) groups is 1. The fraction of sp³-hybridized carbons (Fsp3) is 0.412. The maximum Gasteiger partial charge on any atom is 0.283 e. The second kappa shape index (κ2) is 7.88. The maximum absolute atomic E-state index is 12.7. The Balaban J connectivity index is 1.63. The number of benzene rings is 1. The lowest BCUT2D eigenvalue weighted by molar-refractivity contribution is -0.387. The van der Waals surface area contributed by atoms with Crippen LogP contribution in [0.2, 0.25) is 0 Å². The van der Waals surface area contributed by atoms with E-state index in [1.807, 2.05) is 13.0 Å². The van der Waals surface area contributed by atoms with Crippen molar-refractivity contribution in [1.82, 2.24) is 15.0 Å². The van der Waals surface area contributed by atoms with E-state index < -0.39 is 4.92 Å². The molecule has 0 bridgehead atoms. The van der Waals surface area contributed by atoms with E-state index in [1.165, 1.54) is 17.8 Å². The topological polar surface area (TPSA) is 92.7 Å². The number of carbonyl (C=O) groups excluding carboxylic acids is 1. The highest BCUT2D eigenvalue weighted by Gasteiger charge is 2.25. The van der Waals surface area contributed by atoms with Gasteiger partial charge in [-0.2, -0.15) is 0 Å². The van der Waals surface area contributed by atoms with Crippen molar-refractivity contribution >= 4 is 23.4 Å². The fourth-order valence-corrected chi connectivity index (χ4v) is 3.52. The first-order valence-electron chi connectivity index (χ1n) is 8.24. The normalized spacial score (nSPS) is 15.2. The highest BCUT2D eigenvalue weighted by molar-refractivity contribution is 7.98. The van der Waals surface area contributed by atoms with Gasteiger partial charge >= 0.3 is 0 Å². The van der Waals surface area contributed by atoms with Gasteiger partial charge in [-0.25, -0.2) is 0 Å². The number of hydrogen-bond acceptors (Lipinski definition) is 7. The third-order valence-electron chi connectivity index (χ3n) is 4.34. The van der Waals surface area contributed by atoms with E-state index in [9.17, 15) is 14.9 Å². The Morgan fingerprint density at radius 3 is 2.62 bits per heavy atom. The Morgan fingerprint density at radius 2 is 2.04 bits per heavy atom. The zero-order valence-electron chi connectivity index (χ0n) is 14.7. The van der Waals surface area contributed by atoms with Gasteiger partial charge in [0.1, 0.15) is 0 Å². The number of hydrogen-bond donors (Lipinski definition) is 0. The Hall–Kier alpha value is -2.39. The van der Waals surface area contributed by atoms with Crippen LogP contribution >= 0.6 is 11.8 Å². The molecule has 1 fully saturated rings. The minimum Gasteiger partial charge on any atom is -0.360 e. The predicted octanol–water partition coefficient (Wildman–Crippen LogP) is 2.57. The Morgan fingerprint density at radius 1 is 1.31 bits per heavy atom. The summed E-state index contributed by atoms with van der Waals surface area (Å²) >= 11 is 1.30. The average molecular weight is 376 g/mol. The second-order valence-corrected chi connectivity index (χ2v) is 6.99. The van der Waals surface area contributed by atoms with Crippen molar-refractivity contribution in [2.75, 3.05) is 32.4 Å². The molecule has 0 aliphatic carbocycles. The van der Waals surface area contributed by atoms with Gasteiger partial charge in [0.15, 0.2) is 5.76 Å². The van der Waals surface area contributed by atoms with Crippen molar-refractivity contribution in [3.8, 4) is 0 Å². The van der Waals surface area contributed by atoms with Gasteiger partial charge in [0.2, 0.25) is 0 Å². The van der Waals surface area contributed by atoms with Crippen molar-refractivity contribution in [1.29, 1.82) is 0 Å². The number of aryl methyl sites for hydroxylation is 1. The molecule has 3 rings (SSSR count). The summed E-state index contributed by atoms with van der Waals surface area (Å²) in [6.45, 7) is 5.13. The third-order valence-corrected chi connectivity index (χ3v) is 5.12. The summed E-state index contributed by atoms with van der Waals surface area (Å²) in [5.41, 5.74) is 1.18. The Bertz CT molecular complexity index is 815. The molecule has 1 aliphatic heterocycles. The third kappa shape index (κ3) is 4.05. The monoisotopic (exact) mass is 376 g/mol. The molecule has 2 aromatic rings. The molecule has 1 aromatic heterocycles. The average Bonchev–Trinajstić information content (AvgIpc) is 3.06. The van der Waals surface area contributed by atoms with E-state index in [1.54, 1.807) is 23.3 Å². The van der Waals surface area contributed by atoms with E-state index in [0.717, 1.165) is 24.5 Å². The molecule has 8 nitrogen and oxygen atoms in total. The van der Waals surface area contributed by atoms with Crippen LogP contribution in [0, 0.1) is 17.0 Å². The molecule has 26 heavy (non-hydrogen) atoms. The standard InChI is InChI=1S/C17H20N4O4S/c1-12-9-14(25-18-12)11-19-5-7-20(8-6-19)17(22)13-3-4-16(26-2)15(10-13)21(23)24/h3-4,9-10H,5-8,11H2,1-2H3. The Kier molecular flexibility index (Phi) is 5.58. The van der Waals surface area contributed by atoms with Gasteiger partial charge < -0.3 is 9.42 Å². The van der Waals surface area contributed by atoms with Crippen molar-refractivity contribution in [3.63, 3.8) is 0 Å². The molecular weight excluding hydrogens is 356 g/mol. The van der Waals surface area contributed by atoms with Crippen molar-refractivity contribution < 1.29 is 14.2 Å². The molecule has 1 aliphatic rings. The minimum absolute atomic E-state index is 0.0253. The number of rotatable bonds is 5. The molecule has 1 aromatic carbocycles. The van der Waals surface area contributed by atoms with Crippen LogP contribution in [0.5, 0.6) is 0 Å². The van der Waals surface area contributed by atoms with Gasteiger partial charge in [-0.05, 0) is 25.3 Å². The van der Waals surface area contributed by atoms with Crippen molar-refractivity contribution in [2.45, 2.75) is 18.4 Å². The van der Waals surface area contributed by atoms with Crippen LogP contribution in [0.4, 0.5) is 5.69 Å². The molecule has 0 spiro atoms. The molecule has 2 heterocycles. The molecule has 9 heteroatoms. The van der Waals surface area contributed by atoms with Crippen LogP contribution in [0.1, 0.15) is 21.8 Å². The summed E-state index contributed by atoms with van der Waals surface area (Å²) in [5, 5.41) is 15.1. The van der Waals surface area contributed by atoms with Crippen LogP contribution < -0.4 is 0 Å². The number of thioether (sulfide) groups is 1. The summed E-state index contributed by atoms with van der Waals surface area (Å²) in [7, 11) is 0. The van der Waals surface area contributed by atoms with Crippen LogP contribution in [0.25, 0.3) is 0 Å². The first-order valence-corrected chi connectivity index (χ1v) is 9.46. The van der Waals surface area contributed by atoms with Crippen LogP contribution in [-0.2, 0) is 6.54 Å². The molecule has 0 atom stereocenters. The van der Waals surface area contributed by atoms with E-state index in [0.29, 0.717) is 30.1 Å². The molecule has 1 amide bonds. The molecule has 0 N–H and O–H groups in total. The predicted molar refractivity (Wildman–Crippen MR) is 97.3 cm³/mol. The highest BCUT2D eigenvalue weighted by Crippen LogP contribution is 2.28. The lowest BCUT2D eigenvalue weighted by atomic mass is 10.1. The molecule has 0 radical (unpaired) electrons. The van der Waals surface area contributed by atoms with Gasteiger partial charge in [0.05, 0.1) is 22.1 Å². The number of nitro benzene ring substituents is 1. The maximum atomic E-state index is 12.7. The van der Waals surface area contributed by atoms with Gasteiger partial charge in [-0.3, -0.25) is 19.8 Å². The minimum atomic E-state index is -0.445. The van der Waals surface area contributed by atoms with E-state index >= 15 is 0 Å². The van der Waals surface area contributed by atoms with Gasteiger partial charge in [-0.15, -0.1) is 11.8 Å². The highest BCUT2D eigenvalue weighted by atomic mass is 32.2. The quantitative estimate of drug-likeness (QED) is 0.450. The Labute approximate surface area is 155 Å². The molecule has 0 saturated carbocycles. The lowest BCUT2D eigenvalue weighted by Gasteiger charge is -2.34. The fourth-order valence-electron chi connectivity index (χ4n) is 2.97. The summed E-state index contributed by atoms with van der Waals surface area (Å²) in [6, 6.07) is 6.57. The van der Waals surface area contributed by atoms with Gasteiger partial charge in [-0.1, -0.05) is 5.16 Å². The lowest BCUT2D eigenvalue weighted by Crippen LogP contribution is -2.48. The number of piperazine rings is 1. The SMILES string of the molecule is CSc1ccc(C(=O)N2CCN(Cc3cc(C)no3)CC2)cc1[N+](=O)[O-]. The molecule has 1 saturated heterocycles. The molecular formula is C17H20N4O4S.